The lowest BCUT2D eigenvalue weighted by atomic mass is 10.0. The topological polar surface area (TPSA) is 94.4 Å². The van der Waals surface area contributed by atoms with E-state index in [9.17, 15) is 18.0 Å². The second-order valence-electron chi connectivity index (χ2n) is 10.9. The van der Waals surface area contributed by atoms with Gasteiger partial charge in [0.1, 0.15) is 5.82 Å². The van der Waals surface area contributed by atoms with Gasteiger partial charge in [0.05, 0.1) is 17.8 Å². The van der Waals surface area contributed by atoms with Gasteiger partial charge in [-0.1, -0.05) is 24.3 Å². The van der Waals surface area contributed by atoms with Crippen LogP contribution in [-0.2, 0) is 23.9 Å². The van der Waals surface area contributed by atoms with Crippen LogP contribution in [0.2, 0.25) is 0 Å². The summed E-state index contributed by atoms with van der Waals surface area (Å²) in [5.74, 6) is 0.958. The number of halogens is 3. The molecule has 2 aromatic heterocycles. The smallest absolute Gasteiger partial charge is 0.369 e. The number of anilines is 2. The van der Waals surface area contributed by atoms with Crippen molar-refractivity contribution in [3.05, 3.63) is 71.0 Å². The van der Waals surface area contributed by atoms with Gasteiger partial charge in [-0.15, -0.1) is 0 Å². The van der Waals surface area contributed by atoms with Crippen LogP contribution in [0, 0.1) is 6.92 Å². The van der Waals surface area contributed by atoms with Gasteiger partial charge in [0.15, 0.2) is 5.82 Å². The molecule has 11 heteroatoms. The molecule has 4 heterocycles. The zero-order chi connectivity index (χ0) is 28.9. The largest absolute Gasteiger partial charge is 0.418 e. The van der Waals surface area contributed by atoms with Gasteiger partial charge in [0.25, 0.3) is 0 Å². The summed E-state index contributed by atoms with van der Waals surface area (Å²) in [6.07, 6.45) is -2.01. The summed E-state index contributed by atoms with van der Waals surface area (Å²) in [5, 5.41) is 1.05. The molecule has 1 fully saturated rings. The summed E-state index contributed by atoms with van der Waals surface area (Å²) in [5.41, 5.74) is 9.66. The van der Waals surface area contributed by atoms with Crippen molar-refractivity contribution < 1.29 is 18.0 Å². The molecule has 3 N–H and O–H groups in total. The molecule has 0 spiro atoms. The van der Waals surface area contributed by atoms with Crippen molar-refractivity contribution in [3.63, 3.8) is 0 Å². The van der Waals surface area contributed by atoms with E-state index in [1.807, 2.05) is 43.1 Å². The Hall–Kier alpha value is -4.12. The van der Waals surface area contributed by atoms with Gasteiger partial charge in [-0.05, 0) is 37.6 Å². The van der Waals surface area contributed by atoms with Crippen LogP contribution in [0.1, 0.15) is 29.3 Å². The molecule has 8 nitrogen and oxygen atoms in total. The van der Waals surface area contributed by atoms with Gasteiger partial charge in [-0.3, -0.25) is 9.69 Å². The monoisotopic (exact) mass is 563 g/mol. The van der Waals surface area contributed by atoms with E-state index >= 15 is 0 Å². The number of rotatable bonds is 5. The summed E-state index contributed by atoms with van der Waals surface area (Å²) in [4.78, 5) is 31.0. The Morgan fingerprint density at radius 3 is 2.63 bits per heavy atom. The molecule has 4 aromatic rings. The van der Waals surface area contributed by atoms with Crippen LogP contribution in [0.25, 0.3) is 22.3 Å². The molecule has 41 heavy (non-hydrogen) atoms. The maximum absolute atomic E-state index is 13.9. The zero-order valence-electron chi connectivity index (χ0n) is 23.0. The standard InChI is InChI=1S/C30H32F3N7O/c1-18-14-35-24-8-5-6-20(27(18)24)28-36-23-10-11-39(25-9-4-3-7-22(25)30(31,32)33)16-21(23)29(37-28)40-13-12-38(17-26(34)41)19(2)15-40/h3-9,14,19,35H,10-13,15-17H2,1-2H3,(H2,34,41)/t19-/m1/s1. The van der Waals surface area contributed by atoms with Crippen molar-refractivity contribution in [2.24, 2.45) is 5.73 Å². The number of nitrogens with one attached hydrogen (secondary N) is 1. The first-order valence-electron chi connectivity index (χ1n) is 13.8. The van der Waals surface area contributed by atoms with E-state index in [1.165, 1.54) is 12.1 Å². The highest BCUT2D eigenvalue weighted by Crippen LogP contribution is 2.40. The first-order valence-corrected chi connectivity index (χ1v) is 13.8. The Morgan fingerprint density at radius 2 is 1.88 bits per heavy atom. The fraction of sp³-hybridized carbons (Fsp3) is 0.367. The van der Waals surface area contributed by atoms with Crippen molar-refractivity contribution in [3.8, 4) is 11.4 Å². The van der Waals surface area contributed by atoms with E-state index < -0.39 is 11.7 Å². The number of hydrogen-bond acceptors (Lipinski definition) is 6. The molecule has 2 aliphatic rings. The summed E-state index contributed by atoms with van der Waals surface area (Å²) < 4.78 is 41.7. The average molecular weight is 564 g/mol. The third kappa shape index (κ3) is 5.10. The number of aryl methyl sites for hydroxylation is 1. The van der Waals surface area contributed by atoms with E-state index in [1.54, 1.807) is 11.0 Å². The van der Waals surface area contributed by atoms with Crippen molar-refractivity contribution in [1.82, 2.24) is 19.9 Å². The molecule has 0 unspecified atom stereocenters. The number of primary amides is 1. The van der Waals surface area contributed by atoms with Crippen LogP contribution in [0.4, 0.5) is 24.7 Å². The number of aromatic nitrogens is 3. The SMILES string of the molecule is Cc1c[nH]c2cccc(-c3nc4c(c(N5CCN(CC(N)=O)[C@H](C)C5)n3)CN(c3ccccc3C(F)(F)F)CC4)c12. The Balaban J connectivity index is 1.44. The van der Waals surface area contributed by atoms with Crippen LogP contribution < -0.4 is 15.5 Å². The summed E-state index contributed by atoms with van der Waals surface area (Å²) >= 11 is 0. The van der Waals surface area contributed by atoms with Crippen molar-refractivity contribution in [2.45, 2.75) is 39.0 Å². The molecular formula is C30H32F3N7O. The van der Waals surface area contributed by atoms with Gasteiger partial charge in [-0.2, -0.15) is 13.2 Å². The van der Waals surface area contributed by atoms with Crippen molar-refractivity contribution in [2.75, 3.05) is 42.5 Å². The van der Waals surface area contributed by atoms with E-state index in [-0.39, 0.29) is 30.7 Å². The minimum atomic E-state index is -4.46. The molecule has 0 aliphatic carbocycles. The fourth-order valence-corrected chi connectivity index (χ4v) is 6.14. The molecule has 6 rings (SSSR count). The molecule has 1 atom stereocenters. The minimum absolute atomic E-state index is 0.0336. The van der Waals surface area contributed by atoms with Gasteiger partial charge < -0.3 is 20.5 Å². The number of H-pyrrole nitrogens is 1. The number of para-hydroxylation sites is 1. The number of carbonyl (C=O) groups is 1. The predicted octanol–water partition coefficient (Wildman–Crippen LogP) is 4.51. The Kier molecular flexibility index (Phi) is 6.85. The highest BCUT2D eigenvalue weighted by atomic mass is 19.4. The fourth-order valence-electron chi connectivity index (χ4n) is 6.14. The molecular weight excluding hydrogens is 531 g/mol. The lowest BCUT2D eigenvalue weighted by Gasteiger charge is -2.41. The molecule has 0 radical (unpaired) electrons. The van der Waals surface area contributed by atoms with Crippen LogP contribution >= 0.6 is 0 Å². The highest BCUT2D eigenvalue weighted by Gasteiger charge is 2.36. The van der Waals surface area contributed by atoms with Crippen LogP contribution in [-0.4, -0.2) is 64.5 Å². The minimum Gasteiger partial charge on any atom is -0.369 e. The van der Waals surface area contributed by atoms with Gasteiger partial charge in [0, 0.05) is 79.1 Å². The predicted molar refractivity (Wildman–Crippen MR) is 153 cm³/mol. The van der Waals surface area contributed by atoms with Gasteiger partial charge >= 0.3 is 6.18 Å². The Bertz CT molecular complexity index is 1620. The second kappa shape index (κ2) is 10.4. The van der Waals surface area contributed by atoms with Crippen LogP contribution in [0.5, 0.6) is 0 Å². The first-order chi connectivity index (χ1) is 19.6. The average Bonchev–Trinajstić information content (AvgIpc) is 3.33. The number of nitrogens with zero attached hydrogens (tertiary/aromatic N) is 5. The van der Waals surface area contributed by atoms with Crippen LogP contribution in [0.15, 0.2) is 48.7 Å². The number of alkyl halides is 3. The third-order valence-electron chi connectivity index (χ3n) is 8.16. The molecule has 0 saturated carbocycles. The molecule has 2 aliphatic heterocycles. The number of aromatic amines is 1. The highest BCUT2D eigenvalue weighted by molar-refractivity contribution is 5.96. The Labute approximate surface area is 236 Å². The normalized spacial score (nSPS) is 18.1. The van der Waals surface area contributed by atoms with E-state index in [0.29, 0.717) is 38.4 Å². The van der Waals surface area contributed by atoms with Crippen molar-refractivity contribution >= 4 is 28.3 Å². The van der Waals surface area contributed by atoms with E-state index in [2.05, 4.69) is 9.88 Å². The molecule has 1 amide bonds. The first kappa shape index (κ1) is 27.1. The summed E-state index contributed by atoms with van der Waals surface area (Å²) in [6.45, 7) is 6.75. The number of carbonyl (C=O) groups excluding carboxylic acids is 1. The maximum atomic E-state index is 13.9. The van der Waals surface area contributed by atoms with E-state index in [4.69, 9.17) is 15.7 Å². The number of piperazine rings is 1. The number of nitrogens with two attached hydrogens (primary N) is 1. The molecule has 1 saturated heterocycles. The van der Waals surface area contributed by atoms with E-state index in [0.717, 1.165) is 45.2 Å². The van der Waals surface area contributed by atoms with Crippen LogP contribution in [0.3, 0.4) is 0 Å². The molecule has 2 aromatic carbocycles. The second-order valence-corrected chi connectivity index (χ2v) is 10.9. The molecule has 214 valence electrons. The zero-order valence-corrected chi connectivity index (χ0v) is 23.0. The lowest BCUT2D eigenvalue weighted by Crippen LogP contribution is -2.54. The maximum Gasteiger partial charge on any atom is 0.418 e. The summed E-state index contributed by atoms with van der Waals surface area (Å²) in [7, 11) is 0. The quantitative estimate of drug-likeness (QED) is 0.371. The van der Waals surface area contributed by atoms with Gasteiger partial charge in [-0.25, -0.2) is 9.97 Å². The number of fused-ring (bicyclic) bond motifs is 2. The van der Waals surface area contributed by atoms with Crippen molar-refractivity contribution in [1.29, 1.82) is 0 Å². The Morgan fingerprint density at radius 1 is 1.07 bits per heavy atom. The summed E-state index contributed by atoms with van der Waals surface area (Å²) in [6, 6.07) is 11.7. The molecule has 0 bridgehead atoms. The number of hydrogen-bond donors (Lipinski definition) is 2. The number of amides is 1. The lowest BCUT2D eigenvalue weighted by molar-refractivity contribution is -0.137. The third-order valence-corrected chi connectivity index (χ3v) is 8.16. The van der Waals surface area contributed by atoms with Gasteiger partial charge in [0.2, 0.25) is 5.91 Å². The number of benzene rings is 2.